The molecule has 0 unspecified atom stereocenters. The van der Waals surface area contributed by atoms with Gasteiger partial charge in [0.15, 0.2) is 11.5 Å². The van der Waals surface area contributed by atoms with Gasteiger partial charge in [0.1, 0.15) is 11.6 Å². The quantitative estimate of drug-likeness (QED) is 0.396. The van der Waals surface area contributed by atoms with Crippen molar-refractivity contribution >= 4 is 26.0 Å². The van der Waals surface area contributed by atoms with Crippen LogP contribution in [0.2, 0.25) is 6.32 Å². The van der Waals surface area contributed by atoms with Crippen molar-refractivity contribution in [2.45, 2.75) is 19.3 Å². The van der Waals surface area contributed by atoms with Crippen molar-refractivity contribution in [3.63, 3.8) is 0 Å². The van der Waals surface area contributed by atoms with Gasteiger partial charge in [0.2, 0.25) is 6.41 Å². The van der Waals surface area contributed by atoms with Gasteiger partial charge in [-0.2, -0.15) is 0 Å². The normalized spacial score (nSPS) is 10.7. The van der Waals surface area contributed by atoms with Gasteiger partial charge in [-0.15, -0.1) is 0 Å². The van der Waals surface area contributed by atoms with Crippen molar-refractivity contribution in [3.05, 3.63) is 71.7 Å². The first kappa shape index (κ1) is 22.3. The molecule has 0 saturated heterocycles. The van der Waals surface area contributed by atoms with E-state index < -0.39 is 0 Å². The molecule has 31 heavy (non-hydrogen) atoms. The molecule has 0 spiro atoms. The van der Waals surface area contributed by atoms with Crippen LogP contribution in [0.3, 0.4) is 0 Å². The Balaban J connectivity index is 2.20. The highest BCUT2D eigenvalue weighted by atomic mass is 19.1. The van der Waals surface area contributed by atoms with Gasteiger partial charge < -0.3 is 14.4 Å². The molecule has 0 saturated carbocycles. The fraction of sp³-hybridized carbons (Fsp3) is 0.261. The molecule has 2 aromatic carbocycles. The first-order valence-electron chi connectivity index (χ1n) is 10.00. The Labute approximate surface area is 182 Å². The predicted molar refractivity (Wildman–Crippen MR) is 120 cm³/mol. The molecule has 2 amide bonds. The van der Waals surface area contributed by atoms with Crippen molar-refractivity contribution in [1.82, 2.24) is 14.5 Å². The van der Waals surface area contributed by atoms with Crippen LogP contribution in [0.4, 0.5) is 10.2 Å². The van der Waals surface area contributed by atoms with Crippen LogP contribution >= 0.6 is 0 Å². The topological polar surface area (TPSA) is 58.4 Å². The van der Waals surface area contributed by atoms with Gasteiger partial charge >= 0.3 is 0 Å². The summed E-state index contributed by atoms with van der Waals surface area (Å²) < 4.78 is 15.3. The third kappa shape index (κ3) is 5.02. The largest absolute Gasteiger partial charge is 0.340 e. The summed E-state index contributed by atoms with van der Waals surface area (Å²) in [6.45, 7) is 0.834. The van der Waals surface area contributed by atoms with E-state index in [1.807, 2.05) is 30.3 Å². The number of rotatable bonds is 9. The molecule has 8 heteroatoms. The summed E-state index contributed by atoms with van der Waals surface area (Å²) in [6, 6.07) is 15.5. The minimum absolute atomic E-state index is 0.245. The molecule has 0 aliphatic carbocycles. The molecule has 0 aliphatic rings. The van der Waals surface area contributed by atoms with E-state index in [9.17, 15) is 14.0 Å². The molecular formula is C23H24BFN4O2. The Bertz CT molecular complexity index is 1040. The average Bonchev–Trinajstić information content (AvgIpc) is 3.16. The molecule has 1 aromatic heterocycles. The van der Waals surface area contributed by atoms with Crippen molar-refractivity contribution in [2.75, 3.05) is 25.5 Å². The molecule has 2 radical (unpaired) electrons. The lowest BCUT2D eigenvalue weighted by molar-refractivity contribution is -0.107. The van der Waals surface area contributed by atoms with Crippen LogP contribution in [0.25, 0.3) is 11.4 Å². The molecule has 3 rings (SSSR count). The number of nitrogens with zero attached hydrogens (tertiary/aromatic N) is 4. The van der Waals surface area contributed by atoms with Crippen LogP contribution in [0.1, 0.15) is 22.5 Å². The number of carbonyl (C=O) groups is 2. The highest BCUT2D eigenvalue weighted by Gasteiger charge is 2.28. The summed E-state index contributed by atoms with van der Waals surface area (Å²) >= 11 is 0. The fourth-order valence-corrected chi connectivity index (χ4v) is 3.30. The van der Waals surface area contributed by atoms with E-state index in [0.717, 1.165) is 5.56 Å². The maximum Gasteiger partial charge on any atom is 0.274 e. The third-order valence-corrected chi connectivity index (χ3v) is 4.97. The van der Waals surface area contributed by atoms with E-state index in [-0.39, 0.29) is 23.2 Å². The minimum Gasteiger partial charge on any atom is -0.340 e. The van der Waals surface area contributed by atoms with Gasteiger partial charge in [0.25, 0.3) is 5.91 Å². The fourth-order valence-electron chi connectivity index (χ4n) is 3.30. The number of imidazole rings is 1. The Morgan fingerprint density at radius 3 is 2.42 bits per heavy atom. The second kappa shape index (κ2) is 10.1. The summed E-state index contributed by atoms with van der Waals surface area (Å²) in [5, 5.41) is 0. The molecule has 6 nitrogen and oxygen atoms in total. The number of carbonyl (C=O) groups excluding carboxylic acids is 2. The Morgan fingerprint density at radius 2 is 1.81 bits per heavy atom. The predicted octanol–water partition coefficient (Wildman–Crippen LogP) is 3.38. The zero-order valence-corrected chi connectivity index (χ0v) is 17.7. The number of anilines is 1. The second-order valence-corrected chi connectivity index (χ2v) is 7.27. The zero-order chi connectivity index (χ0) is 22.4. The van der Waals surface area contributed by atoms with Crippen molar-refractivity contribution in [1.29, 1.82) is 0 Å². The molecule has 3 aromatic rings. The van der Waals surface area contributed by atoms with Crippen LogP contribution in [-0.4, -0.2) is 55.3 Å². The number of aromatic nitrogens is 2. The number of amides is 2. The van der Waals surface area contributed by atoms with Crippen LogP contribution in [0, 0.1) is 5.82 Å². The second-order valence-electron chi connectivity index (χ2n) is 7.27. The summed E-state index contributed by atoms with van der Waals surface area (Å²) in [6.07, 6.45) is 1.72. The Hall–Kier alpha value is -3.42. The average molecular weight is 418 g/mol. The Kier molecular flexibility index (Phi) is 7.23. The van der Waals surface area contributed by atoms with E-state index in [2.05, 4.69) is 4.98 Å². The van der Waals surface area contributed by atoms with E-state index in [1.54, 1.807) is 35.7 Å². The van der Waals surface area contributed by atoms with Crippen molar-refractivity contribution in [2.24, 2.45) is 0 Å². The third-order valence-electron chi connectivity index (χ3n) is 4.97. The molecule has 0 bridgehead atoms. The first-order valence-corrected chi connectivity index (χ1v) is 10.00. The first-order chi connectivity index (χ1) is 15.0. The lowest BCUT2D eigenvalue weighted by Crippen LogP contribution is -2.31. The molecular weight excluding hydrogens is 394 g/mol. The van der Waals surface area contributed by atoms with E-state index >= 15 is 0 Å². The summed E-state index contributed by atoms with van der Waals surface area (Å²) in [5.41, 5.74) is 1.89. The maximum atomic E-state index is 13.5. The molecule has 0 atom stereocenters. The molecule has 158 valence electrons. The van der Waals surface area contributed by atoms with Gasteiger partial charge in [-0.05, 0) is 36.2 Å². The highest BCUT2D eigenvalue weighted by Crippen LogP contribution is 2.29. The van der Waals surface area contributed by atoms with Gasteiger partial charge in [-0.3, -0.25) is 9.59 Å². The lowest BCUT2D eigenvalue weighted by atomic mass is 10.0. The Morgan fingerprint density at radius 1 is 1.13 bits per heavy atom. The number of halogens is 1. The number of hydrogen-bond acceptors (Lipinski definition) is 3. The minimum atomic E-state index is -0.368. The van der Waals surface area contributed by atoms with E-state index in [1.165, 1.54) is 17.0 Å². The SMILES string of the molecule is [B]CCCN(C)C(=O)c1c(N(C)C=O)nc(-c2ccc(F)cc2)n1Cc1ccccc1. The van der Waals surface area contributed by atoms with Gasteiger partial charge in [-0.1, -0.05) is 36.7 Å². The summed E-state index contributed by atoms with van der Waals surface area (Å²) in [4.78, 5) is 32.5. The molecule has 0 aliphatic heterocycles. The van der Waals surface area contributed by atoms with Gasteiger partial charge in [0, 0.05) is 32.7 Å². The lowest BCUT2D eigenvalue weighted by Gasteiger charge is -2.20. The highest BCUT2D eigenvalue weighted by molar-refractivity contribution is 6.08. The zero-order valence-electron chi connectivity index (χ0n) is 17.7. The van der Waals surface area contributed by atoms with Crippen LogP contribution < -0.4 is 4.90 Å². The molecule has 1 heterocycles. The number of benzene rings is 2. The van der Waals surface area contributed by atoms with E-state index in [4.69, 9.17) is 7.85 Å². The maximum absolute atomic E-state index is 13.5. The van der Waals surface area contributed by atoms with Gasteiger partial charge in [-0.25, -0.2) is 9.37 Å². The van der Waals surface area contributed by atoms with Crippen molar-refractivity contribution in [3.8, 4) is 11.4 Å². The summed E-state index contributed by atoms with van der Waals surface area (Å²) in [5.74, 6) is 0.0832. The monoisotopic (exact) mass is 418 g/mol. The van der Waals surface area contributed by atoms with Crippen LogP contribution in [0.15, 0.2) is 54.6 Å². The smallest absolute Gasteiger partial charge is 0.274 e. The number of hydrogen-bond donors (Lipinski definition) is 0. The van der Waals surface area contributed by atoms with Crippen LogP contribution in [-0.2, 0) is 11.3 Å². The van der Waals surface area contributed by atoms with Gasteiger partial charge in [0.05, 0.1) is 7.85 Å². The van der Waals surface area contributed by atoms with Crippen LogP contribution in [0.5, 0.6) is 0 Å². The molecule has 0 N–H and O–H groups in total. The van der Waals surface area contributed by atoms with E-state index in [0.29, 0.717) is 43.6 Å². The van der Waals surface area contributed by atoms with Crippen molar-refractivity contribution < 1.29 is 14.0 Å². The standard InChI is InChI=1S/C23H24BFN4O2/c1-27(14-6-13-24)23(31)20-22(28(2)16-30)26-21(18-9-11-19(25)12-10-18)29(20)15-17-7-4-3-5-8-17/h3-5,7-12,16H,6,13-15H2,1-2H3. The summed E-state index contributed by atoms with van der Waals surface area (Å²) in [7, 11) is 8.84. The molecule has 0 fully saturated rings.